The quantitative estimate of drug-likeness (QED) is 0.549. The molecular formula is C28H26N2O5. The van der Waals surface area contributed by atoms with Gasteiger partial charge in [-0.1, -0.05) is 29.8 Å². The molecule has 0 fully saturated rings. The number of nitrogens with zero attached hydrogens (tertiary/aromatic N) is 1. The Morgan fingerprint density at radius 2 is 1.80 bits per heavy atom. The van der Waals surface area contributed by atoms with E-state index in [0.717, 1.165) is 28.2 Å². The summed E-state index contributed by atoms with van der Waals surface area (Å²) in [7, 11) is 1.60. The number of nitrogens with one attached hydrogen (secondary N) is 1. The predicted molar refractivity (Wildman–Crippen MR) is 130 cm³/mol. The van der Waals surface area contributed by atoms with E-state index < -0.39 is 0 Å². The van der Waals surface area contributed by atoms with E-state index in [2.05, 4.69) is 5.32 Å². The number of aryl methyl sites for hydroxylation is 1. The highest BCUT2D eigenvalue weighted by Gasteiger charge is 2.36. The molecule has 0 saturated carbocycles. The molecule has 178 valence electrons. The van der Waals surface area contributed by atoms with Gasteiger partial charge in [0.1, 0.15) is 11.5 Å². The van der Waals surface area contributed by atoms with Crippen LogP contribution >= 0.6 is 0 Å². The van der Waals surface area contributed by atoms with Crippen LogP contribution in [0.5, 0.6) is 11.5 Å². The maximum Gasteiger partial charge on any atom is 0.261 e. The molecule has 2 aliphatic rings. The second-order valence-electron chi connectivity index (χ2n) is 8.82. The van der Waals surface area contributed by atoms with Crippen LogP contribution in [0.15, 0.2) is 60.7 Å². The molecule has 1 unspecified atom stereocenters. The Morgan fingerprint density at radius 1 is 1.03 bits per heavy atom. The molecule has 7 heteroatoms. The van der Waals surface area contributed by atoms with Crippen LogP contribution in [0, 0.1) is 6.92 Å². The first-order chi connectivity index (χ1) is 16.9. The molecule has 3 aromatic rings. The molecule has 0 radical (unpaired) electrons. The van der Waals surface area contributed by atoms with Crippen LogP contribution in [-0.4, -0.2) is 42.9 Å². The number of hydrogen-bond acceptors (Lipinski definition) is 5. The van der Waals surface area contributed by atoms with Gasteiger partial charge in [-0.05, 0) is 55.3 Å². The number of methoxy groups -OCH3 is 1. The van der Waals surface area contributed by atoms with Gasteiger partial charge in [0.15, 0.2) is 0 Å². The number of amides is 3. The summed E-state index contributed by atoms with van der Waals surface area (Å²) in [6, 6.07) is 17.9. The van der Waals surface area contributed by atoms with Crippen molar-refractivity contribution in [1.82, 2.24) is 10.2 Å². The number of rotatable bonds is 6. The van der Waals surface area contributed by atoms with Crippen LogP contribution in [0.2, 0.25) is 0 Å². The molecule has 0 bridgehead atoms. The third-order valence-electron chi connectivity index (χ3n) is 6.53. The van der Waals surface area contributed by atoms with E-state index in [1.165, 1.54) is 11.0 Å². The van der Waals surface area contributed by atoms with Gasteiger partial charge in [0.25, 0.3) is 17.7 Å². The molecule has 2 heterocycles. The summed E-state index contributed by atoms with van der Waals surface area (Å²) in [4.78, 5) is 40.2. The molecule has 5 rings (SSSR count). The molecule has 35 heavy (non-hydrogen) atoms. The lowest BCUT2D eigenvalue weighted by Gasteiger charge is -2.27. The summed E-state index contributed by atoms with van der Waals surface area (Å²) in [5.74, 6) is 0.526. The summed E-state index contributed by atoms with van der Waals surface area (Å²) >= 11 is 0. The van der Waals surface area contributed by atoms with E-state index in [1.807, 2.05) is 49.4 Å². The average molecular weight is 471 g/mol. The molecule has 0 aromatic heterocycles. The van der Waals surface area contributed by atoms with Gasteiger partial charge in [-0.2, -0.15) is 0 Å². The van der Waals surface area contributed by atoms with Crippen molar-refractivity contribution in [3.8, 4) is 11.5 Å². The largest absolute Gasteiger partial charge is 0.497 e. The van der Waals surface area contributed by atoms with Crippen LogP contribution in [0.25, 0.3) is 0 Å². The van der Waals surface area contributed by atoms with Crippen molar-refractivity contribution in [2.24, 2.45) is 0 Å². The van der Waals surface area contributed by atoms with Crippen LogP contribution in [-0.2, 0) is 6.42 Å². The lowest BCUT2D eigenvalue weighted by atomic mass is 9.98. The standard InChI is InChI=1S/C28H26N2O5/c1-17-3-10-25-23(15-17)24(12-14-35-25)29-26(31)19-6-9-21-22(16-19)28(33)30(27(21)32)13-11-18-4-7-20(34-2)8-5-18/h3-10,15-16,24H,11-14H2,1-2H3,(H,29,31). The summed E-state index contributed by atoms with van der Waals surface area (Å²) in [6.07, 6.45) is 1.19. The van der Waals surface area contributed by atoms with Gasteiger partial charge >= 0.3 is 0 Å². The number of hydrogen-bond donors (Lipinski definition) is 1. The zero-order valence-electron chi connectivity index (χ0n) is 19.7. The fourth-order valence-corrected chi connectivity index (χ4v) is 4.57. The summed E-state index contributed by atoms with van der Waals surface area (Å²) in [6.45, 7) is 2.77. The third kappa shape index (κ3) is 4.37. The number of carbonyl (C=O) groups is 3. The monoisotopic (exact) mass is 470 g/mol. The van der Waals surface area contributed by atoms with Crippen molar-refractivity contribution in [1.29, 1.82) is 0 Å². The van der Waals surface area contributed by atoms with Gasteiger partial charge in [-0.25, -0.2) is 0 Å². The molecule has 0 saturated heterocycles. The van der Waals surface area contributed by atoms with E-state index in [1.54, 1.807) is 19.2 Å². The lowest BCUT2D eigenvalue weighted by Crippen LogP contribution is -2.32. The topological polar surface area (TPSA) is 84.9 Å². The van der Waals surface area contributed by atoms with Crippen molar-refractivity contribution in [3.63, 3.8) is 0 Å². The molecule has 0 spiro atoms. The summed E-state index contributed by atoms with van der Waals surface area (Å²) in [5, 5.41) is 3.06. The minimum absolute atomic E-state index is 0.183. The molecule has 1 atom stereocenters. The highest BCUT2D eigenvalue weighted by molar-refractivity contribution is 6.22. The van der Waals surface area contributed by atoms with Crippen molar-refractivity contribution >= 4 is 17.7 Å². The number of imide groups is 1. The Bertz CT molecular complexity index is 1320. The van der Waals surface area contributed by atoms with E-state index in [0.29, 0.717) is 30.6 Å². The van der Waals surface area contributed by atoms with Crippen molar-refractivity contribution in [2.75, 3.05) is 20.3 Å². The number of ether oxygens (including phenoxy) is 2. The predicted octanol–water partition coefficient (Wildman–Crippen LogP) is 4.10. The van der Waals surface area contributed by atoms with Crippen LogP contribution in [0.3, 0.4) is 0 Å². The zero-order valence-corrected chi connectivity index (χ0v) is 19.7. The van der Waals surface area contributed by atoms with Crippen LogP contribution < -0.4 is 14.8 Å². The van der Waals surface area contributed by atoms with Gasteiger partial charge in [0, 0.05) is 24.1 Å². The molecule has 1 N–H and O–H groups in total. The number of benzene rings is 3. The maximum absolute atomic E-state index is 13.1. The first-order valence-electron chi connectivity index (χ1n) is 11.6. The SMILES string of the molecule is COc1ccc(CCN2C(=O)c3ccc(C(=O)NC4CCOc5ccc(C)cc54)cc3C2=O)cc1. The first-order valence-corrected chi connectivity index (χ1v) is 11.6. The molecular weight excluding hydrogens is 444 g/mol. The summed E-state index contributed by atoms with van der Waals surface area (Å²) in [5.41, 5.74) is 3.97. The Balaban J connectivity index is 1.30. The van der Waals surface area contributed by atoms with Gasteiger partial charge in [-0.15, -0.1) is 0 Å². The molecule has 0 aliphatic carbocycles. The average Bonchev–Trinajstić information content (AvgIpc) is 3.12. The smallest absolute Gasteiger partial charge is 0.261 e. The Morgan fingerprint density at radius 3 is 2.57 bits per heavy atom. The van der Waals surface area contributed by atoms with E-state index in [-0.39, 0.29) is 35.9 Å². The molecule has 3 amide bonds. The number of fused-ring (bicyclic) bond motifs is 2. The zero-order chi connectivity index (χ0) is 24.5. The van der Waals surface area contributed by atoms with Crippen LogP contribution in [0.4, 0.5) is 0 Å². The highest BCUT2D eigenvalue weighted by atomic mass is 16.5. The normalized spacial score (nSPS) is 16.4. The van der Waals surface area contributed by atoms with Gasteiger partial charge < -0.3 is 14.8 Å². The minimum Gasteiger partial charge on any atom is -0.497 e. The van der Waals surface area contributed by atoms with Crippen molar-refractivity contribution < 1.29 is 23.9 Å². The Kier molecular flexibility index (Phi) is 5.99. The lowest BCUT2D eigenvalue weighted by molar-refractivity contribution is 0.0656. The summed E-state index contributed by atoms with van der Waals surface area (Å²) < 4.78 is 10.9. The molecule has 3 aromatic carbocycles. The van der Waals surface area contributed by atoms with Gasteiger partial charge in [-0.3, -0.25) is 19.3 Å². The first kappa shape index (κ1) is 22.7. The second-order valence-corrected chi connectivity index (χ2v) is 8.82. The highest BCUT2D eigenvalue weighted by Crippen LogP contribution is 2.33. The third-order valence-corrected chi connectivity index (χ3v) is 6.53. The fraction of sp³-hybridized carbons (Fsp3) is 0.250. The Hall–Kier alpha value is -4.13. The molecule has 2 aliphatic heterocycles. The fourth-order valence-electron chi connectivity index (χ4n) is 4.57. The molecule has 7 nitrogen and oxygen atoms in total. The number of carbonyl (C=O) groups excluding carboxylic acids is 3. The van der Waals surface area contributed by atoms with E-state index >= 15 is 0 Å². The van der Waals surface area contributed by atoms with Crippen molar-refractivity contribution in [3.05, 3.63) is 94.0 Å². The second kappa shape index (κ2) is 9.25. The van der Waals surface area contributed by atoms with Crippen LogP contribution in [0.1, 0.15) is 60.2 Å². The van der Waals surface area contributed by atoms with E-state index in [9.17, 15) is 14.4 Å². The van der Waals surface area contributed by atoms with E-state index in [4.69, 9.17) is 9.47 Å². The maximum atomic E-state index is 13.1. The van der Waals surface area contributed by atoms with Gasteiger partial charge in [0.2, 0.25) is 0 Å². The van der Waals surface area contributed by atoms with Gasteiger partial charge in [0.05, 0.1) is 30.9 Å². The van der Waals surface area contributed by atoms with Crippen molar-refractivity contribution in [2.45, 2.75) is 25.8 Å². The Labute approximate surface area is 203 Å². The minimum atomic E-state index is -0.375.